The summed E-state index contributed by atoms with van der Waals surface area (Å²) < 4.78 is 11.8. The number of aliphatic hydroxyl groups is 1. The first-order chi connectivity index (χ1) is 16.3. The van der Waals surface area contributed by atoms with E-state index in [-0.39, 0.29) is 12.0 Å². The Kier molecular flexibility index (Phi) is 5.67. The largest absolute Gasteiger partial charge is 0.454 e. The minimum atomic E-state index is -1.05. The van der Waals surface area contributed by atoms with E-state index < -0.39 is 5.60 Å². The number of aromatic nitrogens is 2. The van der Waals surface area contributed by atoms with E-state index in [2.05, 4.69) is 9.97 Å². The van der Waals surface area contributed by atoms with Crippen LogP contribution >= 0.6 is 0 Å². The quantitative estimate of drug-likeness (QED) is 0.480. The topological polar surface area (TPSA) is 88.7 Å². The number of hydrogen-bond acceptors (Lipinski definition) is 6. The molecule has 1 aliphatic rings. The maximum absolute atomic E-state index is 12.8. The number of fused-ring (bicyclic) bond motifs is 1. The Bertz CT molecular complexity index is 1340. The van der Waals surface area contributed by atoms with Crippen LogP contribution in [0, 0.1) is 0 Å². The molecule has 0 spiro atoms. The van der Waals surface area contributed by atoms with E-state index in [1.165, 1.54) is 0 Å². The monoisotopic (exact) mass is 457 g/mol. The van der Waals surface area contributed by atoms with E-state index in [9.17, 15) is 9.90 Å². The summed E-state index contributed by atoms with van der Waals surface area (Å²) in [4.78, 5) is 23.4. The van der Waals surface area contributed by atoms with Crippen LogP contribution in [0.25, 0.3) is 33.6 Å². The lowest BCUT2D eigenvalue weighted by Crippen LogP contribution is -2.44. The summed E-state index contributed by atoms with van der Waals surface area (Å²) in [5.41, 5.74) is 4.20. The van der Waals surface area contributed by atoms with Crippen molar-refractivity contribution in [2.45, 2.75) is 32.5 Å². The molecule has 174 valence electrons. The second-order valence-corrected chi connectivity index (χ2v) is 9.18. The smallest absolute Gasteiger partial charge is 0.254 e. The average molecular weight is 458 g/mol. The zero-order valence-electron chi connectivity index (χ0n) is 19.5. The number of amides is 1. The molecular weight excluding hydrogens is 430 g/mol. The predicted molar refractivity (Wildman–Crippen MR) is 129 cm³/mol. The molecule has 1 N–H and O–H groups in total. The number of rotatable bonds is 4. The summed E-state index contributed by atoms with van der Waals surface area (Å²) in [6.45, 7) is 7.16. The molecule has 1 atom stereocenters. The van der Waals surface area contributed by atoms with Gasteiger partial charge in [0.05, 0.1) is 18.4 Å². The van der Waals surface area contributed by atoms with Crippen molar-refractivity contribution in [3.8, 4) is 22.5 Å². The third kappa shape index (κ3) is 4.32. The molecular formula is C27H27N3O4. The van der Waals surface area contributed by atoms with Crippen molar-refractivity contribution in [3.05, 3.63) is 72.2 Å². The van der Waals surface area contributed by atoms with Crippen molar-refractivity contribution in [2.24, 2.45) is 0 Å². The van der Waals surface area contributed by atoms with Gasteiger partial charge in [0.1, 0.15) is 16.9 Å². The standard InChI is InChI=1S/C27H27N3O4/c1-17-16-30(12-13-33-17)26(31)19-6-4-18(5-7-19)23-15-22-25(34-23)21(9-11-28-22)20-8-10-29-24(14-20)27(2,3)32/h4-11,14-15,17,32H,12-13,16H2,1-3H3. The highest BCUT2D eigenvalue weighted by atomic mass is 16.5. The Morgan fingerprint density at radius 1 is 1.06 bits per heavy atom. The molecule has 1 unspecified atom stereocenters. The lowest BCUT2D eigenvalue weighted by Gasteiger charge is -2.31. The maximum atomic E-state index is 12.8. The molecule has 0 bridgehead atoms. The van der Waals surface area contributed by atoms with Gasteiger partial charge in [0.2, 0.25) is 0 Å². The van der Waals surface area contributed by atoms with Gasteiger partial charge in [0, 0.05) is 48.2 Å². The average Bonchev–Trinajstić information content (AvgIpc) is 3.28. The van der Waals surface area contributed by atoms with Crippen LogP contribution in [0.15, 0.2) is 65.3 Å². The summed E-state index contributed by atoms with van der Waals surface area (Å²) >= 11 is 0. The first-order valence-electron chi connectivity index (χ1n) is 11.4. The van der Waals surface area contributed by atoms with Crippen molar-refractivity contribution in [1.82, 2.24) is 14.9 Å². The van der Waals surface area contributed by atoms with Crippen LogP contribution in [0.3, 0.4) is 0 Å². The number of nitrogens with zero attached hydrogens (tertiary/aromatic N) is 3. The fraction of sp³-hybridized carbons (Fsp3) is 0.296. The zero-order valence-corrected chi connectivity index (χ0v) is 19.5. The Labute approximate surface area is 198 Å². The van der Waals surface area contributed by atoms with E-state index in [0.717, 1.165) is 22.2 Å². The van der Waals surface area contributed by atoms with E-state index >= 15 is 0 Å². The maximum Gasteiger partial charge on any atom is 0.254 e. The molecule has 1 fully saturated rings. The van der Waals surface area contributed by atoms with Crippen LogP contribution in [-0.4, -0.2) is 51.7 Å². The molecule has 1 aliphatic heterocycles. The van der Waals surface area contributed by atoms with Crippen LogP contribution in [0.2, 0.25) is 0 Å². The minimum Gasteiger partial charge on any atom is -0.454 e. The third-order valence-electron chi connectivity index (χ3n) is 6.05. The highest BCUT2D eigenvalue weighted by Gasteiger charge is 2.23. The molecule has 4 aromatic rings. The fourth-order valence-electron chi connectivity index (χ4n) is 4.20. The first-order valence-corrected chi connectivity index (χ1v) is 11.4. The molecule has 0 aliphatic carbocycles. The Hall–Kier alpha value is -3.55. The van der Waals surface area contributed by atoms with Gasteiger partial charge in [-0.15, -0.1) is 0 Å². The SMILES string of the molecule is CC1CN(C(=O)c2ccc(-c3cc4nccc(-c5ccnc(C(C)(C)O)c5)c4o3)cc2)CCO1. The number of carbonyl (C=O) groups excluding carboxylic acids is 1. The second kappa shape index (κ2) is 8.66. The number of ether oxygens (including phenoxy) is 1. The second-order valence-electron chi connectivity index (χ2n) is 9.18. The molecule has 1 saturated heterocycles. The molecule has 5 rings (SSSR count). The van der Waals surface area contributed by atoms with Gasteiger partial charge in [-0.05, 0) is 56.7 Å². The molecule has 1 aromatic carbocycles. The van der Waals surface area contributed by atoms with Gasteiger partial charge in [0.25, 0.3) is 5.91 Å². The molecule has 7 heteroatoms. The first kappa shape index (κ1) is 22.3. The Morgan fingerprint density at radius 3 is 2.56 bits per heavy atom. The van der Waals surface area contributed by atoms with Crippen molar-refractivity contribution in [3.63, 3.8) is 0 Å². The number of hydrogen-bond donors (Lipinski definition) is 1. The van der Waals surface area contributed by atoms with Gasteiger partial charge in [-0.1, -0.05) is 12.1 Å². The van der Waals surface area contributed by atoms with E-state index in [1.54, 1.807) is 26.2 Å². The van der Waals surface area contributed by atoms with Crippen LogP contribution in [0.4, 0.5) is 0 Å². The highest BCUT2D eigenvalue weighted by Crippen LogP contribution is 2.34. The lowest BCUT2D eigenvalue weighted by atomic mass is 10.00. The number of morpholine rings is 1. The van der Waals surface area contributed by atoms with Crippen LogP contribution in [0.5, 0.6) is 0 Å². The molecule has 0 radical (unpaired) electrons. The van der Waals surface area contributed by atoms with Crippen molar-refractivity contribution >= 4 is 17.0 Å². The van der Waals surface area contributed by atoms with Crippen molar-refractivity contribution in [1.29, 1.82) is 0 Å². The van der Waals surface area contributed by atoms with Gasteiger partial charge in [0.15, 0.2) is 5.58 Å². The van der Waals surface area contributed by atoms with Gasteiger partial charge >= 0.3 is 0 Å². The summed E-state index contributed by atoms with van der Waals surface area (Å²) in [5, 5.41) is 10.4. The van der Waals surface area contributed by atoms with Gasteiger partial charge in [-0.2, -0.15) is 0 Å². The number of furan rings is 1. The Morgan fingerprint density at radius 2 is 1.82 bits per heavy atom. The molecule has 4 heterocycles. The fourth-order valence-corrected chi connectivity index (χ4v) is 4.20. The van der Waals surface area contributed by atoms with E-state index in [0.29, 0.717) is 42.3 Å². The lowest BCUT2D eigenvalue weighted by molar-refractivity contribution is -0.0124. The summed E-state index contributed by atoms with van der Waals surface area (Å²) in [5.74, 6) is 0.682. The molecule has 0 saturated carbocycles. The molecule has 7 nitrogen and oxygen atoms in total. The normalized spacial score (nSPS) is 16.7. The van der Waals surface area contributed by atoms with E-state index in [1.807, 2.05) is 60.4 Å². The summed E-state index contributed by atoms with van der Waals surface area (Å²) in [7, 11) is 0. The number of carbonyl (C=O) groups is 1. The van der Waals surface area contributed by atoms with E-state index in [4.69, 9.17) is 9.15 Å². The minimum absolute atomic E-state index is 0.00978. The molecule has 34 heavy (non-hydrogen) atoms. The van der Waals surface area contributed by atoms with Crippen LogP contribution in [0.1, 0.15) is 36.8 Å². The highest BCUT2D eigenvalue weighted by molar-refractivity contribution is 5.95. The number of pyridine rings is 2. The zero-order chi connectivity index (χ0) is 23.9. The van der Waals surface area contributed by atoms with Gasteiger partial charge in [-0.3, -0.25) is 14.8 Å². The van der Waals surface area contributed by atoms with Gasteiger partial charge in [-0.25, -0.2) is 0 Å². The van der Waals surface area contributed by atoms with Crippen LogP contribution in [-0.2, 0) is 10.3 Å². The van der Waals surface area contributed by atoms with Crippen molar-refractivity contribution < 1.29 is 19.1 Å². The summed E-state index contributed by atoms with van der Waals surface area (Å²) in [6.07, 6.45) is 3.48. The molecule has 1 amide bonds. The Balaban J connectivity index is 1.45. The number of benzene rings is 1. The van der Waals surface area contributed by atoms with Crippen LogP contribution < -0.4 is 0 Å². The predicted octanol–water partition coefficient (Wildman–Crippen LogP) is 4.65. The van der Waals surface area contributed by atoms with Gasteiger partial charge < -0.3 is 19.2 Å². The molecule has 3 aromatic heterocycles. The van der Waals surface area contributed by atoms with Crippen molar-refractivity contribution in [2.75, 3.05) is 19.7 Å². The third-order valence-corrected chi connectivity index (χ3v) is 6.05. The summed E-state index contributed by atoms with van der Waals surface area (Å²) in [6, 6.07) is 15.0.